The summed E-state index contributed by atoms with van der Waals surface area (Å²) in [5, 5.41) is 6.80. The van der Waals surface area contributed by atoms with E-state index < -0.39 is 0 Å². The maximum absolute atomic E-state index is 12.0. The van der Waals surface area contributed by atoms with E-state index in [1.165, 1.54) is 0 Å². The average Bonchev–Trinajstić information content (AvgIpc) is 2.67. The lowest BCUT2D eigenvalue weighted by Gasteiger charge is -2.29. The van der Waals surface area contributed by atoms with Gasteiger partial charge in [-0.25, -0.2) is 0 Å². The van der Waals surface area contributed by atoms with Gasteiger partial charge in [-0.2, -0.15) is 0 Å². The van der Waals surface area contributed by atoms with Crippen LogP contribution in [0.4, 0.5) is 11.4 Å². The Morgan fingerprint density at radius 2 is 2.10 bits per heavy atom. The Bertz CT molecular complexity index is 516. The lowest BCUT2D eigenvalue weighted by Crippen LogP contribution is -2.30. The van der Waals surface area contributed by atoms with Gasteiger partial charge in [0.05, 0.1) is 10.7 Å². The van der Waals surface area contributed by atoms with Gasteiger partial charge in [-0.3, -0.25) is 4.79 Å². The molecule has 0 aromatic heterocycles. The van der Waals surface area contributed by atoms with E-state index in [2.05, 4.69) is 36.3 Å². The Morgan fingerprint density at radius 1 is 1.40 bits per heavy atom. The summed E-state index contributed by atoms with van der Waals surface area (Å²) < 4.78 is 0. The molecule has 1 atom stereocenters. The zero-order valence-corrected chi connectivity index (χ0v) is 13.2. The number of amides is 1. The first-order chi connectivity index (χ1) is 9.49. The number of anilines is 2. The molecule has 4 nitrogen and oxygen atoms in total. The molecule has 1 unspecified atom stereocenters. The molecule has 0 aliphatic carbocycles. The van der Waals surface area contributed by atoms with Crippen LogP contribution in [0.25, 0.3) is 0 Å². The van der Waals surface area contributed by atoms with Crippen molar-refractivity contribution in [2.75, 3.05) is 23.3 Å². The molecular weight excluding hydrogens is 274 g/mol. The van der Waals surface area contributed by atoms with Crippen LogP contribution in [-0.2, 0) is 4.79 Å². The summed E-state index contributed by atoms with van der Waals surface area (Å²) in [7, 11) is 0. The summed E-state index contributed by atoms with van der Waals surface area (Å²) in [6.45, 7) is 9.97. The van der Waals surface area contributed by atoms with Gasteiger partial charge in [0.25, 0.3) is 0 Å². The molecule has 1 aromatic rings. The number of hydrogen-bond acceptors (Lipinski definition) is 3. The van der Waals surface area contributed by atoms with E-state index in [-0.39, 0.29) is 11.9 Å². The van der Waals surface area contributed by atoms with Crippen molar-refractivity contribution in [2.45, 2.75) is 39.8 Å². The van der Waals surface area contributed by atoms with Gasteiger partial charge >= 0.3 is 0 Å². The summed E-state index contributed by atoms with van der Waals surface area (Å²) in [4.78, 5) is 14.2. The molecule has 1 aliphatic rings. The minimum atomic E-state index is -0.296. The van der Waals surface area contributed by atoms with Gasteiger partial charge in [0.1, 0.15) is 6.04 Å². The number of rotatable bonds is 5. The third kappa shape index (κ3) is 2.63. The second-order valence-corrected chi connectivity index (χ2v) is 5.66. The number of carbonyl (C=O) groups excluding carboxylic acids is 1. The first-order valence-corrected chi connectivity index (χ1v) is 7.51. The fourth-order valence-electron chi connectivity index (χ4n) is 2.71. The van der Waals surface area contributed by atoms with Gasteiger partial charge in [0.15, 0.2) is 0 Å². The Kier molecular flexibility index (Phi) is 4.55. The number of carbonyl (C=O) groups is 1. The molecule has 2 rings (SSSR count). The van der Waals surface area contributed by atoms with Crippen LogP contribution in [0.1, 0.15) is 39.3 Å². The Balaban J connectivity index is 2.42. The van der Waals surface area contributed by atoms with Crippen molar-refractivity contribution in [3.05, 3.63) is 22.7 Å². The lowest BCUT2D eigenvalue weighted by atomic mass is 10.1. The molecule has 0 saturated heterocycles. The highest BCUT2D eigenvalue weighted by Crippen LogP contribution is 2.39. The molecule has 0 spiro atoms. The SMILES string of the molecule is CCNC1C(=O)Nc2cc(N(CC)C(C)C)c(Cl)cc21. The number of nitrogens with one attached hydrogen (secondary N) is 2. The predicted molar refractivity (Wildman–Crippen MR) is 84.7 cm³/mol. The topological polar surface area (TPSA) is 44.4 Å². The summed E-state index contributed by atoms with van der Waals surface area (Å²) in [5.74, 6) is -0.0114. The van der Waals surface area contributed by atoms with Gasteiger partial charge in [-0.1, -0.05) is 18.5 Å². The maximum Gasteiger partial charge on any atom is 0.246 e. The molecule has 1 amide bonds. The van der Waals surface area contributed by atoms with Crippen molar-refractivity contribution in [3.63, 3.8) is 0 Å². The van der Waals surface area contributed by atoms with Gasteiger partial charge in [0.2, 0.25) is 5.91 Å². The van der Waals surface area contributed by atoms with Crippen molar-refractivity contribution < 1.29 is 4.79 Å². The predicted octanol–water partition coefficient (Wildman–Crippen LogP) is 3.18. The van der Waals surface area contributed by atoms with E-state index in [1.807, 2.05) is 19.1 Å². The molecule has 0 radical (unpaired) electrons. The summed E-state index contributed by atoms with van der Waals surface area (Å²) in [6.07, 6.45) is 0. The van der Waals surface area contributed by atoms with E-state index in [9.17, 15) is 4.79 Å². The lowest BCUT2D eigenvalue weighted by molar-refractivity contribution is -0.117. The summed E-state index contributed by atoms with van der Waals surface area (Å²) in [5.41, 5.74) is 2.77. The van der Waals surface area contributed by atoms with Crippen LogP contribution in [0, 0.1) is 0 Å². The van der Waals surface area contributed by atoms with Crippen LogP contribution in [0.3, 0.4) is 0 Å². The number of likely N-dealkylation sites (N-methyl/N-ethyl adjacent to an activating group) is 1. The highest BCUT2D eigenvalue weighted by atomic mass is 35.5. The standard InChI is InChI=1S/C15H22ClN3O/c1-5-17-14-10-7-11(16)13(19(6-2)9(3)4)8-12(10)18-15(14)20/h7-9,14,17H,5-6H2,1-4H3,(H,18,20). The first kappa shape index (κ1) is 15.1. The number of hydrogen-bond donors (Lipinski definition) is 2. The van der Waals surface area contributed by atoms with Crippen LogP contribution in [0.2, 0.25) is 5.02 Å². The van der Waals surface area contributed by atoms with Gasteiger partial charge < -0.3 is 15.5 Å². The van der Waals surface area contributed by atoms with E-state index in [0.717, 1.165) is 30.0 Å². The normalized spacial score (nSPS) is 17.3. The van der Waals surface area contributed by atoms with Crippen molar-refractivity contribution >= 4 is 28.9 Å². The number of nitrogens with zero attached hydrogens (tertiary/aromatic N) is 1. The number of benzene rings is 1. The molecule has 5 heteroatoms. The number of halogens is 1. The third-order valence-corrected chi connectivity index (χ3v) is 3.93. The second kappa shape index (κ2) is 6.02. The molecular formula is C15H22ClN3O. The van der Waals surface area contributed by atoms with Crippen molar-refractivity contribution in [2.24, 2.45) is 0 Å². The molecule has 0 fully saturated rings. The van der Waals surface area contributed by atoms with E-state index in [0.29, 0.717) is 11.1 Å². The zero-order chi connectivity index (χ0) is 14.9. The molecule has 2 N–H and O–H groups in total. The highest BCUT2D eigenvalue weighted by Gasteiger charge is 2.31. The van der Waals surface area contributed by atoms with E-state index >= 15 is 0 Å². The third-order valence-electron chi connectivity index (χ3n) is 3.63. The summed E-state index contributed by atoms with van der Waals surface area (Å²) in [6, 6.07) is 3.95. The summed E-state index contributed by atoms with van der Waals surface area (Å²) >= 11 is 6.43. The Labute approximate surface area is 125 Å². The minimum absolute atomic E-state index is 0.0114. The van der Waals surface area contributed by atoms with Crippen molar-refractivity contribution in [3.8, 4) is 0 Å². The largest absolute Gasteiger partial charge is 0.368 e. The number of fused-ring (bicyclic) bond motifs is 1. The monoisotopic (exact) mass is 295 g/mol. The second-order valence-electron chi connectivity index (χ2n) is 5.25. The molecule has 0 saturated carbocycles. The van der Waals surface area contributed by atoms with Crippen LogP contribution < -0.4 is 15.5 Å². The van der Waals surface area contributed by atoms with Crippen LogP contribution in [0.5, 0.6) is 0 Å². The van der Waals surface area contributed by atoms with Gasteiger partial charge in [-0.05, 0) is 39.4 Å². The fraction of sp³-hybridized carbons (Fsp3) is 0.533. The van der Waals surface area contributed by atoms with Crippen LogP contribution in [0.15, 0.2) is 12.1 Å². The Hall–Kier alpha value is -1.26. The van der Waals surface area contributed by atoms with Gasteiger partial charge in [0, 0.05) is 23.8 Å². The average molecular weight is 296 g/mol. The van der Waals surface area contributed by atoms with Gasteiger partial charge in [-0.15, -0.1) is 0 Å². The van der Waals surface area contributed by atoms with Crippen molar-refractivity contribution in [1.29, 1.82) is 0 Å². The molecule has 110 valence electrons. The first-order valence-electron chi connectivity index (χ1n) is 7.13. The minimum Gasteiger partial charge on any atom is -0.368 e. The van der Waals surface area contributed by atoms with Crippen LogP contribution >= 0.6 is 11.6 Å². The molecule has 1 aromatic carbocycles. The highest BCUT2D eigenvalue weighted by molar-refractivity contribution is 6.33. The van der Waals surface area contributed by atoms with E-state index in [1.54, 1.807) is 0 Å². The molecule has 20 heavy (non-hydrogen) atoms. The van der Waals surface area contributed by atoms with Crippen molar-refractivity contribution in [1.82, 2.24) is 5.32 Å². The fourth-order valence-corrected chi connectivity index (χ4v) is 2.99. The smallest absolute Gasteiger partial charge is 0.246 e. The van der Waals surface area contributed by atoms with Crippen LogP contribution in [-0.4, -0.2) is 25.0 Å². The quantitative estimate of drug-likeness (QED) is 0.877. The maximum atomic E-state index is 12.0. The zero-order valence-electron chi connectivity index (χ0n) is 12.5. The molecule has 0 bridgehead atoms. The Morgan fingerprint density at radius 3 is 2.65 bits per heavy atom. The molecule has 1 heterocycles. The molecule has 1 aliphatic heterocycles. The van der Waals surface area contributed by atoms with E-state index in [4.69, 9.17) is 11.6 Å².